The van der Waals surface area contributed by atoms with Crippen LogP contribution in [0, 0.1) is 0 Å². The van der Waals surface area contributed by atoms with Gasteiger partial charge in [0.1, 0.15) is 5.75 Å². The van der Waals surface area contributed by atoms with Gasteiger partial charge in [-0.25, -0.2) is 0 Å². The zero-order chi connectivity index (χ0) is 10.2. The lowest BCUT2D eigenvalue weighted by Gasteiger charge is -2.10. The van der Waals surface area contributed by atoms with Gasteiger partial charge in [-0.1, -0.05) is 29.8 Å². The number of benzene rings is 1. The molecule has 0 radical (unpaired) electrons. The minimum absolute atomic E-state index is 0.671. The largest absolute Gasteiger partial charge is 0.492 e. The predicted molar refractivity (Wildman–Crippen MR) is 61.1 cm³/mol. The highest BCUT2D eigenvalue weighted by Crippen LogP contribution is 2.23. The molecule has 0 aliphatic rings. The molecular formula is C11H14ClNO. The molecule has 14 heavy (non-hydrogen) atoms. The Bertz CT molecular complexity index is 299. The second kappa shape index (κ2) is 6.33. The Morgan fingerprint density at radius 1 is 1.43 bits per heavy atom. The summed E-state index contributed by atoms with van der Waals surface area (Å²) in [7, 11) is 0. The summed E-state index contributed by atoms with van der Waals surface area (Å²) in [5.41, 5.74) is 2.49. The first-order valence-electron chi connectivity index (χ1n) is 4.59. The lowest BCUT2D eigenvalue weighted by molar-refractivity contribution is 0.342. The van der Waals surface area contributed by atoms with E-state index in [9.17, 15) is 0 Å². The molecular weight excluding hydrogens is 198 g/mol. The zero-order valence-electron chi connectivity index (χ0n) is 8.16. The van der Waals surface area contributed by atoms with Gasteiger partial charge in [-0.05, 0) is 19.1 Å². The summed E-state index contributed by atoms with van der Waals surface area (Å²) in [5.74, 6) is 0.873. The molecule has 1 N–H and O–H groups in total. The van der Waals surface area contributed by atoms with E-state index in [2.05, 4.69) is 5.32 Å². The van der Waals surface area contributed by atoms with Gasteiger partial charge < -0.3 is 10.1 Å². The van der Waals surface area contributed by atoms with Gasteiger partial charge >= 0.3 is 0 Å². The number of hydrogen-bond donors (Lipinski definition) is 1. The Balaban J connectivity index is 2.63. The topological polar surface area (TPSA) is 21.3 Å². The van der Waals surface area contributed by atoms with Crippen molar-refractivity contribution in [2.24, 2.45) is 0 Å². The standard InChI is InChI=1S/C11H14ClNO/c1-2-14-11-7-4-3-6-10(11)13-9-5-8-12/h3-8,13H,2,9H2,1H3/b8-5+. The fourth-order valence-electron chi connectivity index (χ4n) is 1.11. The smallest absolute Gasteiger partial charge is 0.142 e. The molecule has 1 rings (SSSR count). The molecule has 0 heterocycles. The molecule has 0 atom stereocenters. The molecule has 0 unspecified atom stereocenters. The summed E-state index contributed by atoms with van der Waals surface area (Å²) < 4.78 is 5.45. The highest BCUT2D eigenvalue weighted by molar-refractivity contribution is 6.25. The maximum Gasteiger partial charge on any atom is 0.142 e. The highest BCUT2D eigenvalue weighted by Gasteiger charge is 1.99. The summed E-state index contributed by atoms with van der Waals surface area (Å²) in [6.07, 6.45) is 1.84. The van der Waals surface area contributed by atoms with Gasteiger partial charge in [-0.3, -0.25) is 0 Å². The molecule has 0 bridgehead atoms. The highest BCUT2D eigenvalue weighted by atomic mass is 35.5. The molecule has 0 fully saturated rings. The second-order valence-electron chi connectivity index (χ2n) is 2.67. The van der Waals surface area contributed by atoms with Crippen LogP contribution < -0.4 is 10.1 Å². The maximum absolute atomic E-state index is 5.45. The molecule has 0 saturated carbocycles. The fourth-order valence-corrected chi connectivity index (χ4v) is 1.20. The van der Waals surface area contributed by atoms with Crippen molar-refractivity contribution < 1.29 is 4.74 Å². The SMILES string of the molecule is CCOc1ccccc1NC/C=C/Cl. The van der Waals surface area contributed by atoms with Crippen molar-refractivity contribution in [1.29, 1.82) is 0 Å². The summed E-state index contributed by atoms with van der Waals surface area (Å²) in [5, 5.41) is 3.20. The monoisotopic (exact) mass is 211 g/mol. The molecule has 0 amide bonds. The average Bonchev–Trinajstić information content (AvgIpc) is 2.21. The van der Waals surface area contributed by atoms with Crippen LogP contribution in [0.1, 0.15) is 6.92 Å². The van der Waals surface area contributed by atoms with Gasteiger partial charge in [0.2, 0.25) is 0 Å². The Hall–Kier alpha value is -1.15. The van der Waals surface area contributed by atoms with Crippen LogP contribution in [0.2, 0.25) is 0 Å². The van der Waals surface area contributed by atoms with E-state index in [0.29, 0.717) is 13.2 Å². The van der Waals surface area contributed by atoms with Crippen molar-refractivity contribution in [3.63, 3.8) is 0 Å². The van der Waals surface area contributed by atoms with E-state index < -0.39 is 0 Å². The molecule has 3 heteroatoms. The van der Waals surface area contributed by atoms with Crippen LogP contribution in [0.4, 0.5) is 5.69 Å². The first-order valence-corrected chi connectivity index (χ1v) is 5.03. The molecule has 0 spiro atoms. The molecule has 0 aliphatic heterocycles. The molecule has 2 nitrogen and oxygen atoms in total. The number of nitrogens with one attached hydrogen (secondary N) is 1. The number of para-hydroxylation sites is 2. The van der Waals surface area contributed by atoms with E-state index in [-0.39, 0.29) is 0 Å². The van der Waals surface area contributed by atoms with Gasteiger partial charge in [-0.15, -0.1) is 0 Å². The lowest BCUT2D eigenvalue weighted by atomic mass is 10.3. The molecule has 1 aromatic rings. The lowest BCUT2D eigenvalue weighted by Crippen LogP contribution is -2.01. The molecule has 0 aromatic heterocycles. The number of hydrogen-bond acceptors (Lipinski definition) is 2. The van der Waals surface area contributed by atoms with Crippen LogP contribution in [-0.4, -0.2) is 13.2 Å². The predicted octanol–water partition coefficient (Wildman–Crippen LogP) is 3.25. The van der Waals surface area contributed by atoms with Crippen LogP contribution >= 0.6 is 11.6 Å². The van der Waals surface area contributed by atoms with Gasteiger partial charge in [-0.2, -0.15) is 0 Å². The Labute approximate surface area is 89.5 Å². The number of anilines is 1. The third-order valence-electron chi connectivity index (χ3n) is 1.69. The number of ether oxygens (including phenoxy) is 1. The van der Waals surface area contributed by atoms with E-state index in [1.807, 2.05) is 37.3 Å². The summed E-state index contributed by atoms with van der Waals surface area (Å²) in [6, 6.07) is 7.84. The van der Waals surface area contributed by atoms with Crippen molar-refractivity contribution >= 4 is 17.3 Å². The first-order chi connectivity index (χ1) is 6.88. The third-order valence-corrected chi connectivity index (χ3v) is 1.86. The summed E-state index contributed by atoms with van der Waals surface area (Å²) >= 11 is 5.42. The van der Waals surface area contributed by atoms with Crippen LogP contribution in [0.3, 0.4) is 0 Å². The van der Waals surface area contributed by atoms with Crippen molar-refractivity contribution in [2.75, 3.05) is 18.5 Å². The van der Waals surface area contributed by atoms with E-state index in [4.69, 9.17) is 16.3 Å². The van der Waals surface area contributed by atoms with Crippen molar-refractivity contribution in [2.45, 2.75) is 6.92 Å². The minimum Gasteiger partial charge on any atom is -0.492 e. The quantitative estimate of drug-likeness (QED) is 0.808. The van der Waals surface area contributed by atoms with Gasteiger partial charge in [0.05, 0.1) is 12.3 Å². The Kier molecular flexibility index (Phi) is 4.94. The molecule has 0 saturated heterocycles. The van der Waals surface area contributed by atoms with E-state index >= 15 is 0 Å². The van der Waals surface area contributed by atoms with Crippen molar-refractivity contribution in [3.8, 4) is 5.75 Å². The van der Waals surface area contributed by atoms with Gasteiger partial charge in [0.25, 0.3) is 0 Å². The summed E-state index contributed by atoms with van der Waals surface area (Å²) in [6.45, 7) is 3.34. The number of halogens is 1. The summed E-state index contributed by atoms with van der Waals surface area (Å²) in [4.78, 5) is 0. The molecule has 1 aromatic carbocycles. The first kappa shape index (κ1) is 10.9. The van der Waals surface area contributed by atoms with E-state index in [1.54, 1.807) is 0 Å². The van der Waals surface area contributed by atoms with Crippen LogP contribution in [-0.2, 0) is 0 Å². The maximum atomic E-state index is 5.45. The molecule has 0 aliphatic carbocycles. The van der Waals surface area contributed by atoms with Crippen LogP contribution in [0.25, 0.3) is 0 Å². The van der Waals surface area contributed by atoms with Crippen LogP contribution in [0.15, 0.2) is 35.9 Å². The van der Waals surface area contributed by atoms with E-state index in [0.717, 1.165) is 11.4 Å². The Morgan fingerprint density at radius 2 is 2.21 bits per heavy atom. The normalized spacial score (nSPS) is 10.4. The zero-order valence-corrected chi connectivity index (χ0v) is 8.92. The Morgan fingerprint density at radius 3 is 2.93 bits per heavy atom. The van der Waals surface area contributed by atoms with Gasteiger partial charge in [0.15, 0.2) is 0 Å². The van der Waals surface area contributed by atoms with E-state index in [1.165, 1.54) is 5.54 Å². The van der Waals surface area contributed by atoms with Gasteiger partial charge in [0, 0.05) is 12.1 Å². The minimum atomic E-state index is 0.671. The third kappa shape index (κ3) is 3.30. The van der Waals surface area contributed by atoms with Crippen molar-refractivity contribution in [3.05, 3.63) is 35.9 Å². The second-order valence-corrected chi connectivity index (χ2v) is 2.92. The van der Waals surface area contributed by atoms with Crippen molar-refractivity contribution in [1.82, 2.24) is 0 Å². The molecule has 76 valence electrons. The number of rotatable bonds is 5. The fraction of sp³-hybridized carbons (Fsp3) is 0.273. The average molecular weight is 212 g/mol. The van der Waals surface area contributed by atoms with Crippen LogP contribution in [0.5, 0.6) is 5.75 Å².